The van der Waals surface area contributed by atoms with Crippen LogP contribution in [0.5, 0.6) is 11.5 Å². The van der Waals surface area contributed by atoms with Crippen molar-refractivity contribution in [3.63, 3.8) is 0 Å². The maximum Gasteiger partial charge on any atom is 0.222 e. The van der Waals surface area contributed by atoms with Gasteiger partial charge in [-0.15, -0.1) is 0 Å². The van der Waals surface area contributed by atoms with Gasteiger partial charge in [0.05, 0.1) is 19.3 Å². The van der Waals surface area contributed by atoms with Crippen LogP contribution >= 0.6 is 0 Å². The van der Waals surface area contributed by atoms with Crippen molar-refractivity contribution < 1.29 is 19.0 Å². The highest BCUT2D eigenvalue weighted by atomic mass is 16.5. The van der Waals surface area contributed by atoms with Crippen LogP contribution in [-0.2, 0) is 9.53 Å². The minimum absolute atomic E-state index is 0.195. The van der Waals surface area contributed by atoms with Crippen LogP contribution in [0, 0.1) is 0 Å². The number of piperidine rings is 1. The van der Waals surface area contributed by atoms with Gasteiger partial charge in [0.25, 0.3) is 0 Å². The molecule has 2 rings (SSSR count). The summed E-state index contributed by atoms with van der Waals surface area (Å²) < 4.78 is 16.9. The minimum atomic E-state index is 0.195. The Balaban J connectivity index is 1.71. The molecule has 0 aromatic heterocycles. The largest absolute Gasteiger partial charge is 0.490 e. The first-order chi connectivity index (χ1) is 11.7. The molecule has 1 heterocycles. The van der Waals surface area contributed by atoms with E-state index in [2.05, 4.69) is 0 Å². The average molecular weight is 335 g/mol. The Hall–Kier alpha value is -1.75. The van der Waals surface area contributed by atoms with Gasteiger partial charge >= 0.3 is 0 Å². The molecule has 5 heteroatoms. The summed E-state index contributed by atoms with van der Waals surface area (Å²) >= 11 is 0. The standard InChI is InChI=1S/C19H29NO4/c1-3-22-16-9-7-13-20(15-16)19(21)12-8-14-24-18-11-6-5-10-17(18)23-4-2/h5-6,10-11,16H,3-4,7-9,12-15H2,1-2H3/t16-/m0/s1. The SMILES string of the molecule is CCOc1ccccc1OCCCC(=O)N1CCC[C@H](OCC)C1. The number of likely N-dealkylation sites (tertiary alicyclic amines) is 1. The van der Waals surface area contributed by atoms with E-state index in [9.17, 15) is 4.79 Å². The first kappa shape index (κ1) is 18.6. The molecule has 24 heavy (non-hydrogen) atoms. The average Bonchev–Trinajstić information content (AvgIpc) is 2.60. The molecule has 1 aromatic rings. The molecule has 1 fully saturated rings. The molecule has 1 aromatic carbocycles. The van der Waals surface area contributed by atoms with E-state index < -0.39 is 0 Å². The van der Waals surface area contributed by atoms with E-state index in [0.29, 0.717) is 32.7 Å². The van der Waals surface area contributed by atoms with Gasteiger partial charge in [-0.1, -0.05) is 12.1 Å². The molecule has 0 N–H and O–H groups in total. The van der Waals surface area contributed by atoms with Crippen molar-refractivity contribution in [3.8, 4) is 11.5 Å². The number of nitrogens with zero attached hydrogens (tertiary/aromatic N) is 1. The molecule has 0 spiro atoms. The van der Waals surface area contributed by atoms with Crippen LogP contribution in [0.2, 0.25) is 0 Å². The van der Waals surface area contributed by atoms with E-state index in [0.717, 1.165) is 37.4 Å². The Labute approximate surface area is 144 Å². The summed E-state index contributed by atoms with van der Waals surface area (Å²) in [6.07, 6.45) is 3.48. The second kappa shape index (κ2) is 10.2. The lowest BCUT2D eigenvalue weighted by molar-refractivity contribution is -0.135. The van der Waals surface area contributed by atoms with Crippen LogP contribution in [-0.4, -0.2) is 49.8 Å². The number of amides is 1. The summed E-state index contributed by atoms with van der Waals surface area (Å²) in [6, 6.07) is 7.63. The van der Waals surface area contributed by atoms with Crippen molar-refractivity contribution in [2.45, 2.75) is 45.6 Å². The Bertz CT molecular complexity index is 504. The molecule has 5 nitrogen and oxygen atoms in total. The Morgan fingerprint density at radius 2 is 1.92 bits per heavy atom. The van der Waals surface area contributed by atoms with E-state index in [4.69, 9.17) is 14.2 Å². The first-order valence-corrected chi connectivity index (χ1v) is 8.98. The number of carbonyl (C=O) groups is 1. The van der Waals surface area contributed by atoms with Crippen LogP contribution < -0.4 is 9.47 Å². The molecule has 0 unspecified atom stereocenters. The fourth-order valence-corrected chi connectivity index (χ4v) is 2.94. The zero-order chi connectivity index (χ0) is 17.2. The molecule has 134 valence electrons. The summed E-state index contributed by atoms with van der Waals surface area (Å²) in [7, 11) is 0. The molecule has 1 amide bonds. The van der Waals surface area contributed by atoms with Crippen LogP contribution in [0.3, 0.4) is 0 Å². The topological polar surface area (TPSA) is 48.0 Å². The minimum Gasteiger partial charge on any atom is -0.490 e. The summed E-state index contributed by atoms with van der Waals surface area (Å²) in [6.45, 7) is 7.34. The third-order valence-electron chi connectivity index (χ3n) is 4.07. The number of carbonyl (C=O) groups excluding carboxylic acids is 1. The molecule has 0 aliphatic carbocycles. The normalized spacial score (nSPS) is 17.6. The fraction of sp³-hybridized carbons (Fsp3) is 0.632. The number of benzene rings is 1. The van der Waals surface area contributed by atoms with Crippen LogP contribution in [0.25, 0.3) is 0 Å². The van der Waals surface area contributed by atoms with Crippen LogP contribution in [0.4, 0.5) is 0 Å². The summed E-state index contributed by atoms with van der Waals surface area (Å²) in [5, 5.41) is 0. The molecule has 1 saturated heterocycles. The van der Waals surface area contributed by atoms with Crippen molar-refractivity contribution in [1.82, 2.24) is 4.90 Å². The first-order valence-electron chi connectivity index (χ1n) is 8.98. The van der Waals surface area contributed by atoms with Gasteiger partial charge in [-0.2, -0.15) is 0 Å². The van der Waals surface area contributed by atoms with E-state index in [1.165, 1.54) is 0 Å². The molecule has 0 saturated carbocycles. The second-order valence-corrected chi connectivity index (χ2v) is 5.89. The third kappa shape index (κ3) is 5.71. The third-order valence-corrected chi connectivity index (χ3v) is 4.07. The highest BCUT2D eigenvalue weighted by Crippen LogP contribution is 2.26. The van der Waals surface area contributed by atoms with Gasteiger partial charge in [-0.25, -0.2) is 0 Å². The molecule has 0 radical (unpaired) electrons. The lowest BCUT2D eigenvalue weighted by Gasteiger charge is -2.32. The Morgan fingerprint density at radius 3 is 2.62 bits per heavy atom. The highest BCUT2D eigenvalue weighted by Gasteiger charge is 2.23. The van der Waals surface area contributed by atoms with Gasteiger partial charge in [0, 0.05) is 26.1 Å². The molecule has 1 aliphatic rings. The number of ether oxygens (including phenoxy) is 3. The zero-order valence-electron chi connectivity index (χ0n) is 14.8. The van der Waals surface area contributed by atoms with Crippen molar-refractivity contribution in [2.24, 2.45) is 0 Å². The number of rotatable bonds is 9. The number of hydrogen-bond acceptors (Lipinski definition) is 4. The van der Waals surface area contributed by atoms with E-state index in [-0.39, 0.29) is 12.0 Å². The van der Waals surface area contributed by atoms with E-state index >= 15 is 0 Å². The van der Waals surface area contributed by atoms with Gasteiger partial charge < -0.3 is 19.1 Å². The maximum atomic E-state index is 12.3. The summed E-state index contributed by atoms with van der Waals surface area (Å²) in [5.41, 5.74) is 0. The predicted molar refractivity (Wildman–Crippen MR) is 93.6 cm³/mol. The Kier molecular flexibility index (Phi) is 7.89. The fourth-order valence-electron chi connectivity index (χ4n) is 2.94. The van der Waals surface area contributed by atoms with Gasteiger partial charge in [0.2, 0.25) is 5.91 Å². The van der Waals surface area contributed by atoms with Crippen molar-refractivity contribution in [2.75, 3.05) is 32.9 Å². The Morgan fingerprint density at radius 1 is 1.17 bits per heavy atom. The second-order valence-electron chi connectivity index (χ2n) is 5.89. The lowest BCUT2D eigenvalue weighted by Crippen LogP contribution is -2.43. The zero-order valence-corrected chi connectivity index (χ0v) is 14.8. The van der Waals surface area contributed by atoms with Crippen molar-refractivity contribution in [3.05, 3.63) is 24.3 Å². The van der Waals surface area contributed by atoms with Gasteiger partial charge in [0.1, 0.15) is 0 Å². The molecular weight excluding hydrogens is 306 g/mol. The van der Waals surface area contributed by atoms with Crippen LogP contribution in [0.1, 0.15) is 39.5 Å². The smallest absolute Gasteiger partial charge is 0.222 e. The summed E-state index contributed by atoms with van der Waals surface area (Å²) in [5.74, 6) is 1.68. The number of para-hydroxylation sites is 2. The summed E-state index contributed by atoms with van der Waals surface area (Å²) in [4.78, 5) is 14.2. The lowest BCUT2D eigenvalue weighted by atomic mass is 10.1. The number of hydrogen-bond donors (Lipinski definition) is 0. The van der Waals surface area contributed by atoms with Crippen LogP contribution in [0.15, 0.2) is 24.3 Å². The van der Waals surface area contributed by atoms with Crippen molar-refractivity contribution >= 4 is 5.91 Å². The van der Waals surface area contributed by atoms with E-state index in [1.54, 1.807) is 0 Å². The predicted octanol–water partition coefficient (Wildman–Crippen LogP) is 3.27. The molecule has 1 atom stereocenters. The van der Waals surface area contributed by atoms with E-state index in [1.807, 2.05) is 43.0 Å². The van der Waals surface area contributed by atoms with Gasteiger partial charge in [-0.3, -0.25) is 4.79 Å². The van der Waals surface area contributed by atoms with Gasteiger partial charge in [0.15, 0.2) is 11.5 Å². The monoisotopic (exact) mass is 335 g/mol. The highest BCUT2D eigenvalue weighted by molar-refractivity contribution is 5.76. The molecule has 1 aliphatic heterocycles. The quantitative estimate of drug-likeness (QED) is 0.650. The molecular formula is C19H29NO4. The maximum absolute atomic E-state index is 12.3. The van der Waals surface area contributed by atoms with Gasteiger partial charge in [-0.05, 0) is 45.2 Å². The van der Waals surface area contributed by atoms with Crippen molar-refractivity contribution in [1.29, 1.82) is 0 Å². The molecule has 0 bridgehead atoms.